The van der Waals surface area contributed by atoms with Crippen LogP contribution in [-0.4, -0.2) is 15.2 Å². The lowest BCUT2D eigenvalue weighted by molar-refractivity contribution is 0.107. The highest BCUT2D eigenvalue weighted by molar-refractivity contribution is 9.10. The summed E-state index contributed by atoms with van der Waals surface area (Å²) < 4.78 is 0.917. The van der Waals surface area contributed by atoms with Gasteiger partial charge >= 0.3 is 0 Å². The van der Waals surface area contributed by atoms with Crippen LogP contribution in [0.2, 0.25) is 0 Å². The number of aromatic amines is 1. The van der Waals surface area contributed by atoms with E-state index in [1.54, 1.807) is 0 Å². The van der Waals surface area contributed by atoms with E-state index in [1.165, 1.54) is 0 Å². The lowest BCUT2D eigenvalue weighted by atomic mass is 10.3. The number of fused-ring (bicyclic) bond motifs is 1. The van der Waals surface area contributed by atoms with Crippen molar-refractivity contribution in [3.63, 3.8) is 0 Å². The predicted octanol–water partition coefficient (Wildman–Crippen LogP) is 2.70. The van der Waals surface area contributed by atoms with E-state index in [2.05, 4.69) is 25.9 Å². The van der Waals surface area contributed by atoms with Crippen molar-refractivity contribution in [3.05, 3.63) is 28.5 Å². The van der Waals surface area contributed by atoms with Gasteiger partial charge in [0.15, 0.2) is 5.82 Å². The first-order valence-electron chi connectivity index (χ1n) is 3.52. The van der Waals surface area contributed by atoms with Crippen LogP contribution in [0.5, 0.6) is 0 Å². The molecule has 13 heavy (non-hydrogen) atoms. The summed E-state index contributed by atoms with van der Waals surface area (Å²) in [5, 5.41) is -0.577. The van der Waals surface area contributed by atoms with Crippen LogP contribution in [0.15, 0.2) is 22.7 Å². The Morgan fingerprint density at radius 2 is 2.31 bits per heavy atom. The zero-order chi connectivity index (χ0) is 9.42. The molecule has 1 aromatic heterocycles. The van der Waals surface area contributed by atoms with E-state index in [9.17, 15) is 4.79 Å². The summed E-state index contributed by atoms with van der Waals surface area (Å²) in [7, 11) is 0. The molecule has 0 saturated carbocycles. The number of hydrogen-bond acceptors (Lipinski definition) is 2. The number of carbonyl (C=O) groups is 1. The third-order valence-electron chi connectivity index (χ3n) is 1.63. The average Bonchev–Trinajstić information content (AvgIpc) is 2.46. The molecular weight excluding hydrogens is 255 g/mol. The molecule has 1 aromatic carbocycles. The molecule has 66 valence electrons. The third-order valence-corrected chi connectivity index (χ3v) is 2.30. The van der Waals surface area contributed by atoms with Gasteiger partial charge in [0.25, 0.3) is 5.24 Å². The molecule has 0 amide bonds. The largest absolute Gasteiger partial charge is 0.334 e. The Morgan fingerprint density at radius 1 is 1.54 bits per heavy atom. The topological polar surface area (TPSA) is 45.8 Å². The fraction of sp³-hybridized carbons (Fsp3) is 0. The van der Waals surface area contributed by atoms with E-state index in [4.69, 9.17) is 11.6 Å². The fourth-order valence-electron chi connectivity index (χ4n) is 1.07. The van der Waals surface area contributed by atoms with Gasteiger partial charge in [0.2, 0.25) is 0 Å². The third kappa shape index (κ3) is 1.59. The second-order valence-electron chi connectivity index (χ2n) is 2.52. The number of H-pyrrole nitrogens is 1. The lowest BCUT2D eigenvalue weighted by Gasteiger charge is -1.87. The molecule has 0 bridgehead atoms. The molecule has 0 aliphatic carbocycles. The standard InChI is InChI=1S/C8H4BrClN2O/c9-4-1-2-5-6(3-4)12-8(11-5)7(10)13/h1-3H,(H,11,12). The number of imidazole rings is 1. The molecule has 0 fully saturated rings. The second kappa shape index (κ2) is 3.12. The highest BCUT2D eigenvalue weighted by Gasteiger charge is 2.07. The Morgan fingerprint density at radius 3 is 3.00 bits per heavy atom. The fourth-order valence-corrected chi connectivity index (χ4v) is 1.51. The smallest absolute Gasteiger partial charge is 0.287 e. The maximum atomic E-state index is 10.8. The van der Waals surface area contributed by atoms with Crippen molar-refractivity contribution in [3.8, 4) is 0 Å². The lowest BCUT2D eigenvalue weighted by Crippen LogP contribution is -1.89. The Bertz CT molecular complexity index is 480. The molecule has 3 nitrogen and oxygen atoms in total. The second-order valence-corrected chi connectivity index (χ2v) is 3.78. The van der Waals surface area contributed by atoms with Crippen molar-refractivity contribution < 1.29 is 4.79 Å². The minimum atomic E-state index is -0.577. The summed E-state index contributed by atoms with van der Waals surface area (Å²) in [5.41, 5.74) is 1.52. The van der Waals surface area contributed by atoms with E-state index in [0.717, 1.165) is 15.5 Å². The van der Waals surface area contributed by atoms with Gasteiger partial charge in [-0.25, -0.2) is 4.98 Å². The minimum absolute atomic E-state index is 0.176. The number of nitrogens with one attached hydrogen (secondary N) is 1. The molecule has 0 spiro atoms. The van der Waals surface area contributed by atoms with E-state index < -0.39 is 5.24 Å². The summed E-state index contributed by atoms with van der Waals surface area (Å²) in [6.45, 7) is 0. The van der Waals surface area contributed by atoms with Crippen molar-refractivity contribution in [1.29, 1.82) is 0 Å². The van der Waals surface area contributed by atoms with Gasteiger partial charge in [0.05, 0.1) is 11.0 Å². The van der Waals surface area contributed by atoms with Crippen LogP contribution in [0.4, 0.5) is 0 Å². The molecule has 0 radical (unpaired) electrons. The van der Waals surface area contributed by atoms with Crippen LogP contribution in [0.1, 0.15) is 10.6 Å². The highest BCUT2D eigenvalue weighted by atomic mass is 79.9. The molecule has 0 unspecified atom stereocenters. The van der Waals surface area contributed by atoms with Gasteiger partial charge in [0, 0.05) is 4.47 Å². The van der Waals surface area contributed by atoms with Crippen LogP contribution < -0.4 is 0 Å². The van der Waals surface area contributed by atoms with Crippen LogP contribution in [0.25, 0.3) is 11.0 Å². The predicted molar refractivity (Wildman–Crippen MR) is 54.0 cm³/mol. The maximum absolute atomic E-state index is 10.8. The molecule has 1 heterocycles. The van der Waals surface area contributed by atoms with Crippen LogP contribution in [0.3, 0.4) is 0 Å². The number of carbonyl (C=O) groups excluding carboxylic acids is 1. The van der Waals surface area contributed by atoms with Crippen molar-refractivity contribution >= 4 is 43.8 Å². The Labute approximate surface area is 87.2 Å². The summed E-state index contributed by atoms with van der Waals surface area (Å²) >= 11 is 8.58. The first kappa shape index (κ1) is 8.72. The normalized spacial score (nSPS) is 10.6. The van der Waals surface area contributed by atoms with E-state index in [0.29, 0.717) is 0 Å². The minimum Gasteiger partial charge on any atom is -0.334 e. The van der Waals surface area contributed by atoms with E-state index >= 15 is 0 Å². The van der Waals surface area contributed by atoms with Gasteiger partial charge in [-0.05, 0) is 29.8 Å². The molecule has 0 atom stereocenters. The Kier molecular flexibility index (Phi) is 2.09. The Balaban J connectivity index is 2.68. The SMILES string of the molecule is O=C(Cl)c1nc2cc(Br)ccc2[nH]1. The molecule has 0 saturated heterocycles. The molecule has 1 N–H and O–H groups in total. The molecule has 0 aliphatic rings. The van der Waals surface area contributed by atoms with E-state index in [1.807, 2.05) is 18.2 Å². The number of halogens is 2. The van der Waals surface area contributed by atoms with Gasteiger partial charge in [-0.15, -0.1) is 0 Å². The van der Waals surface area contributed by atoms with Gasteiger partial charge in [-0.3, -0.25) is 4.79 Å². The van der Waals surface area contributed by atoms with Crippen LogP contribution in [-0.2, 0) is 0 Å². The van der Waals surface area contributed by atoms with E-state index in [-0.39, 0.29) is 5.82 Å². The molecule has 5 heteroatoms. The van der Waals surface area contributed by atoms with Gasteiger partial charge < -0.3 is 4.98 Å². The van der Waals surface area contributed by atoms with Crippen molar-refractivity contribution in [2.24, 2.45) is 0 Å². The van der Waals surface area contributed by atoms with Crippen molar-refractivity contribution in [1.82, 2.24) is 9.97 Å². The first-order chi connectivity index (χ1) is 6.16. The molecule has 2 aromatic rings. The number of benzene rings is 1. The quantitative estimate of drug-likeness (QED) is 0.800. The average molecular weight is 259 g/mol. The Hall–Kier alpha value is -0.870. The number of nitrogens with zero attached hydrogens (tertiary/aromatic N) is 1. The number of rotatable bonds is 1. The first-order valence-corrected chi connectivity index (χ1v) is 4.69. The highest BCUT2D eigenvalue weighted by Crippen LogP contribution is 2.18. The van der Waals surface area contributed by atoms with Crippen molar-refractivity contribution in [2.75, 3.05) is 0 Å². The van der Waals surface area contributed by atoms with Crippen molar-refractivity contribution in [2.45, 2.75) is 0 Å². The number of aromatic nitrogens is 2. The van der Waals surface area contributed by atoms with Gasteiger partial charge in [0.1, 0.15) is 0 Å². The monoisotopic (exact) mass is 258 g/mol. The van der Waals surface area contributed by atoms with Gasteiger partial charge in [-0.2, -0.15) is 0 Å². The zero-order valence-electron chi connectivity index (χ0n) is 6.34. The molecule has 0 aliphatic heterocycles. The summed E-state index contributed by atoms with van der Waals surface area (Å²) in [5.74, 6) is 0.176. The van der Waals surface area contributed by atoms with Crippen LogP contribution >= 0.6 is 27.5 Å². The number of hydrogen-bond donors (Lipinski definition) is 1. The zero-order valence-corrected chi connectivity index (χ0v) is 8.69. The maximum Gasteiger partial charge on any atom is 0.287 e. The molecule has 2 rings (SSSR count). The molecular formula is C8H4BrClN2O. The summed E-state index contributed by atoms with van der Waals surface area (Å²) in [4.78, 5) is 17.6. The van der Waals surface area contributed by atoms with Gasteiger partial charge in [-0.1, -0.05) is 15.9 Å². The summed E-state index contributed by atoms with van der Waals surface area (Å²) in [6, 6.07) is 5.51. The van der Waals surface area contributed by atoms with Crippen LogP contribution in [0, 0.1) is 0 Å². The summed E-state index contributed by atoms with van der Waals surface area (Å²) in [6.07, 6.45) is 0.